The third-order valence-corrected chi connectivity index (χ3v) is 5.11. The van der Waals surface area contributed by atoms with Crippen molar-refractivity contribution in [3.05, 3.63) is 98.2 Å². The van der Waals surface area contributed by atoms with Crippen molar-refractivity contribution >= 4 is 41.4 Å². The van der Waals surface area contributed by atoms with Gasteiger partial charge in [0, 0.05) is 22.2 Å². The van der Waals surface area contributed by atoms with Gasteiger partial charge in [0.1, 0.15) is 5.70 Å². The Morgan fingerprint density at radius 3 is 2.58 bits per heavy atom. The molecule has 0 aromatic heterocycles. The van der Waals surface area contributed by atoms with Gasteiger partial charge in [-0.05, 0) is 42.0 Å². The average molecular weight is 509 g/mol. The van der Waals surface area contributed by atoms with Gasteiger partial charge >= 0.3 is 5.69 Å². The van der Waals surface area contributed by atoms with Crippen LogP contribution in [0.4, 0.5) is 5.69 Å². The lowest BCUT2D eigenvalue weighted by atomic mass is 10.1. The Kier molecular flexibility index (Phi) is 7.12. The number of rotatable bonds is 7. The summed E-state index contributed by atoms with van der Waals surface area (Å²) in [5, 5.41) is 27.4. The summed E-state index contributed by atoms with van der Waals surface area (Å²) >= 11 is 5.86. The van der Waals surface area contributed by atoms with Gasteiger partial charge in [0.15, 0.2) is 11.5 Å². The molecule has 182 valence electrons. The fraction of sp³-hybridized carbons (Fsp3) is 0.0417. The van der Waals surface area contributed by atoms with Crippen molar-refractivity contribution in [1.29, 1.82) is 0 Å². The Bertz CT molecular complexity index is 1410. The van der Waals surface area contributed by atoms with E-state index in [0.29, 0.717) is 22.6 Å². The number of nitro groups is 1. The molecule has 1 heterocycles. The van der Waals surface area contributed by atoms with E-state index in [1.54, 1.807) is 48.5 Å². The molecule has 11 nitrogen and oxygen atoms in total. The van der Waals surface area contributed by atoms with Gasteiger partial charge in [-0.1, -0.05) is 35.9 Å². The first kappa shape index (κ1) is 24.2. The highest BCUT2D eigenvalue weighted by Gasteiger charge is 2.19. The van der Waals surface area contributed by atoms with Gasteiger partial charge in [0.2, 0.25) is 12.5 Å². The van der Waals surface area contributed by atoms with Gasteiger partial charge in [-0.15, -0.1) is 0 Å². The fourth-order valence-electron chi connectivity index (χ4n) is 3.18. The number of carbonyl (C=O) groups is 2. The number of nitrogens with zero attached hydrogens (tertiary/aromatic N) is 2. The number of carbonyl (C=O) groups excluding carboxylic acids is 2. The molecule has 2 amide bonds. The molecule has 0 radical (unpaired) electrons. The average Bonchev–Trinajstić information content (AvgIpc) is 3.33. The number of amides is 2. The lowest BCUT2D eigenvalue weighted by molar-refractivity contribution is -0.385. The fourth-order valence-corrected chi connectivity index (χ4v) is 3.40. The SMILES string of the molecule is O=C(N/N=C/c1cc(Cl)cc([N+](=O)[O-])c1O)/C(=C\c1ccc2c(c1)OCO2)NC(=O)c1ccccc1. The Hall–Kier alpha value is -4.90. The molecule has 0 saturated heterocycles. The Balaban J connectivity index is 1.59. The summed E-state index contributed by atoms with van der Waals surface area (Å²) in [5.41, 5.74) is 2.21. The summed E-state index contributed by atoms with van der Waals surface area (Å²) in [4.78, 5) is 35.9. The first-order chi connectivity index (χ1) is 17.3. The summed E-state index contributed by atoms with van der Waals surface area (Å²) in [7, 11) is 0. The zero-order chi connectivity index (χ0) is 25.7. The number of phenols is 1. The van der Waals surface area contributed by atoms with E-state index in [1.165, 1.54) is 12.1 Å². The Morgan fingerprint density at radius 2 is 1.83 bits per heavy atom. The van der Waals surface area contributed by atoms with E-state index in [1.807, 2.05) is 0 Å². The van der Waals surface area contributed by atoms with Crippen LogP contribution in [0.3, 0.4) is 0 Å². The molecule has 0 bridgehead atoms. The number of hydrogen-bond donors (Lipinski definition) is 3. The van der Waals surface area contributed by atoms with E-state index in [9.17, 15) is 24.8 Å². The number of aromatic hydroxyl groups is 1. The van der Waals surface area contributed by atoms with E-state index in [0.717, 1.165) is 12.3 Å². The smallest absolute Gasteiger partial charge is 0.312 e. The van der Waals surface area contributed by atoms with Crippen molar-refractivity contribution < 1.29 is 29.1 Å². The van der Waals surface area contributed by atoms with E-state index in [4.69, 9.17) is 21.1 Å². The number of phenolic OH excluding ortho intramolecular Hbond substituents is 1. The van der Waals surface area contributed by atoms with Crippen molar-refractivity contribution in [1.82, 2.24) is 10.7 Å². The number of nitrogens with one attached hydrogen (secondary N) is 2. The number of benzene rings is 3. The molecule has 4 rings (SSSR count). The van der Waals surface area contributed by atoms with Gasteiger partial charge in [-0.3, -0.25) is 19.7 Å². The van der Waals surface area contributed by atoms with Crippen LogP contribution < -0.4 is 20.2 Å². The van der Waals surface area contributed by atoms with Crippen LogP contribution in [0.5, 0.6) is 17.2 Å². The van der Waals surface area contributed by atoms with Crippen molar-refractivity contribution in [2.24, 2.45) is 5.10 Å². The molecular formula is C24H17ClN4O7. The van der Waals surface area contributed by atoms with E-state index < -0.39 is 28.2 Å². The largest absolute Gasteiger partial charge is 0.502 e. The highest BCUT2D eigenvalue weighted by Crippen LogP contribution is 2.33. The highest BCUT2D eigenvalue weighted by atomic mass is 35.5. The summed E-state index contributed by atoms with van der Waals surface area (Å²) < 4.78 is 10.6. The van der Waals surface area contributed by atoms with E-state index in [2.05, 4.69) is 15.8 Å². The van der Waals surface area contributed by atoms with Crippen LogP contribution >= 0.6 is 11.6 Å². The van der Waals surface area contributed by atoms with Crippen LogP contribution in [-0.4, -0.2) is 34.9 Å². The minimum atomic E-state index is -0.803. The van der Waals surface area contributed by atoms with Crippen LogP contribution in [0.15, 0.2) is 71.5 Å². The van der Waals surface area contributed by atoms with Gasteiger partial charge in [0.25, 0.3) is 11.8 Å². The number of hydrogen-bond acceptors (Lipinski definition) is 8. The second-order valence-electron chi connectivity index (χ2n) is 7.31. The van der Waals surface area contributed by atoms with Crippen LogP contribution in [0.25, 0.3) is 6.08 Å². The van der Waals surface area contributed by atoms with Crippen LogP contribution in [0, 0.1) is 10.1 Å². The molecular weight excluding hydrogens is 492 g/mol. The van der Waals surface area contributed by atoms with Crippen LogP contribution in [0.2, 0.25) is 5.02 Å². The van der Waals surface area contributed by atoms with Crippen molar-refractivity contribution in [3.63, 3.8) is 0 Å². The van der Waals surface area contributed by atoms with Gasteiger partial charge < -0.3 is 19.9 Å². The third kappa shape index (κ3) is 5.59. The van der Waals surface area contributed by atoms with Crippen LogP contribution in [0.1, 0.15) is 21.5 Å². The van der Waals surface area contributed by atoms with Crippen molar-refractivity contribution in [3.8, 4) is 17.2 Å². The molecule has 3 aromatic rings. The molecule has 3 N–H and O–H groups in total. The zero-order valence-electron chi connectivity index (χ0n) is 18.3. The maximum absolute atomic E-state index is 12.9. The minimum Gasteiger partial charge on any atom is -0.502 e. The van der Waals surface area contributed by atoms with Crippen LogP contribution in [-0.2, 0) is 4.79 Å². The van der Waals surface area contributed by atoms with E-state index >= 15 is 0 Å². The first-order valence-electron chi connectivity index (χ1n) is 10.3. The molecule has 3 aromatic carbocycles. The summed E-state index contributed by atoms with van der Waals surface area (Å²) in [6.07, 6.45) is 2.40. The molecule has 36 heavy (non-hydrogen) atoms. The van der Waals surface area contributed by atoms with Gasteiger partial charge in [-0.2, -0.15) is 5.10 Å². The summed E-state index contributed by atoms with van der Waals surface area (Å²) in [6.45, 7) is 0.0732. The Morgan fingerprint density at radius 1 is 1.08 bits per heavy atom. The normalized spacial score (nSPS) is 12.4. The molecule has 1 aliphatic heterocycles. The molecule has 0 saturated carbocycles. The van der Waals surface area contributed by atoms with E-state index in [-0.39, 0.29) is 23.1 Å². The molecule has 0 spiro atoms. The number of halogens is 1. The van der Waals surface area contributed by atoms with Gasteiger partial charge in [-0.25, -0.2) is 5.43 Å². The highest BCUT2D eigenvalue weighted by molar-refractivity contribution is 6.31. The molecule has 0 fully saturated rings. The summed E-state index contributed by atoms with van der Waals surface area (Å²) in [6, 6.07) is 15.5. The molecule has 0 atom stereocenters. The maximum atomic E-state index is 12.9. The molecule has 1 aliphatic rings. The molecule has 0 aliphatic carbocycles. The second-order valence-corrected chi connectivity index (χ2v) is 7.75. The number of nitro benzene ring substituents is 1. The lowest BCUT2D eigenvalue weighted by Crippen LogP contribution is -2.32. The number of hydrazone groups is 1. The lowest BCUT2D eigenvalue weighted by Gasteiger charge is -2.09. The first-order valence-corrected chi connectivity index (χ1v) is 10.7. The number of fused-ring (bicyclic) bond motifs is 1. The molecule has 0 unspecified atom stereocenters. The number of ether oxygens (including phenoxy) is 2. The van der Waals surface area contributed by atoms with Gasteiger partial charge in [0.05, 0.1) is 11.1 Å². The zero-order valence-corrected chi connectivity index (χ0v) is 19.1. The van der Waals surface area contributed by atoms with Crippen molar-refractivity contribution in [2.45, 2.75) is 0 Å². The molecule has 12 heteroatoms. The monoisotopic (exact) mass is 508 g/mol. The Labute approximate surface area is 208 Å². The second kappa shape index (κ2) is 10.6. The topological polar surface area (TPSA) is 152 Å². The standard InChI is InChI=1S/C24H17ClN4O7/c25-17-10-16(22(30)19(11-17)29(33)34)12-26-28-24(32)18(27-23(31)15-4-2-1-3-5-15)8-14-6-7-20-21(9-14)36-13-35-20/h1-12,30H,13H2,(H,27,31)(H,28,32)/b18-8+,26-12+. The quantitative estimate of drug-likeness (QED) is 0.191. The maximum Gasteiger partial charge on any atom is 0.312 e. The summed E-state index contributed by atoms with van der Waals surface area (Å²) in [5.74, 6) is -0.981. The predicted molar refractivity (Wildman–Crippen MR) is 130 cm³/mol. The van der Waals surface area contributed by atoms with Crippen molar-refractivity contribution in [2.75, 3.05) is 6.79 Å². The minimum absolute atomic E-state index is 0.00852. The predicted octanol–water partition coefficient (Wildman–Crippen LogP) is 3.60. The third-order valence-electron chi connectivity index (χ3n) is 4.89.